The van der Waals surface area contributed by atoms with Crippen molar-refractivity contribution in [3.05, 3.63) is 0 Å². The molecule has 2 atom stereocenters. The molecular weight excluding hydrogens is 206 g/mol. The summed E-state index contributed by atoms with van der Waals surface area (Å²) in [6.07, 6.45) is 2.15. The van der Waals surface area contributed by atoms with E-state index in [0.29, 0.717) is 32.3 Å². The maximum absolute atomic E-state index is 5.85. The molecule has 0 bridgehead atoms. The van der Waals surface area contributed by atoms with Gasteiger partial charge in [0.05, 0.1) is 26.4 Å². The highest BCUT2D eigenvalue weighted by molar-refractivity contribution is 4.66. The topological polar surface area (TPSA) is 53.7 Å². The summed E-state index contributed by atoms with van der Waals surface area (Å²) >= 11 is 0. The van der Waals surface area contributed by atoms with Gasteiger partial charge < -0.3 is 19.9 Å². The van der Waals surface area contributed by atoms with Gasteiger partial charge in [-0.05, 0) is 19.3 Å². The summed E-state index contributed by atoms with van der Waals surface area (Å²) in [5.41, 5.74) is 5.85. The minimum atomic E-state index is 0.256. The third kappa shape index (κ3) is 9.09. The van der Waals surface area contributed by atoms with Gasteiger partial charge in [0.2, 0.25) is 0 Å². The zero-order chi connectivity index (χ0) is 12.2. The number of rotatable bonds is 11. The molecular formula is C12H27NO3. The molecule has 0 radical (unpaired) electrons. The summed E-state index contributed by atoms with van der Waals surface area (Å²) in [4.78, 5) is 0. The predicted octanol–water partition coefficient (Wildman–Crippen LogP) is 1.43. The average molecular weight is 233 g/mol. The maximum atomic E-state index is 5.85. The standard InChI is InChI=1S/C12H27NO3/c1-4-12(11(2)13)5-6-15-9-10-16-8-7-14-3/h11-12H,4-10,13H2,1-3H3. The second-order valence-corrected chi connectivity index (χ2v) is 4.03. The van der Waals surface area contributed by atoms with E-state index in [1.807, 2.05) is 0 Å². The van der Waals surface area contributed by atoms with Crippen molar-refractivity contribution in [2.75, 3.05) is 40.1 Å². The fourth-order valence-corrected chi connectivity index (χ4v) is 1.54. The Morgan fingerprint density at radius 1 is 1.00 bits per heavy atom. The van der Waals surface area contributed by atoms with Crippen molar-refractivity contribution in [3.8, 4) is 0 Å². The highest BCUT2D eigenvalue weighted by Gasteiger charge is 2.10. The van der Waals surface area contributed by atoms with Crippen LogP contribution >= 0.6 is 0 Å². The Kier molecular flexibility index (Phi) is 11.2. The zero-order valence-corrected chi connectivity index (χ0v) is 10.9. The van der Waals surface area contributed by atoms with E-state index in [2.05, 4.69) is 13.8 Å². The van der Waals surface area contributed by atoms with Crippen LogP contribution in [0.5, 0.6) is 0 Å². The lowest BCUT2D eigenvalue weighted by Crippen LogP contribution is -2.27. The highest BCUT2D eigenvalue weighted by Crippen LogP contribution is 2.11. The van der Waals surface area contributed by atoms with Crippen molar-refractivity contribution in [1.29, 1.82) is 0 Å². The van der Waals surface area contributed by atoms with E-state index in [-0.39, 0.29) is 6.04 Å². The molecule has 0 rings (SSSR count). The third-order valence-electron chi connectivity index (χ3n) is 2.70. The molecule has 0 aliphatic rings. The Morgan fingerprint density at radius 3 is 2.06 bits per heavy atom. The monoisotopic (exact) mass is 233 g/mol. The molecule has 0 aromatic carbocycles. The van der Waals surface area contributed by atoms with Crippen molar-refractivity contribution in [2.24, 2.45) is 11.7 Å². The Labute approximate surface area is 99.4 Å². The Morgan fingerprint density at radius 2 is 1.56 bits per heavy atom. The minimum Gasteiger partial charge on any atom is -0.382 e. The van der Waals surface area contributed by atoms with Crippen LogP contribution in [0.4, 0.5) is 0 Å². The molecule has 0 aliphatic carbocycles. The van der Waals surface area contributed by atoms with Gasteiger partial charge in [0.1, 0.15) is 0 Å². The number of hydrogen-bond acceptors (Lipinski definition) is 4. The lowest BCUT2D eigenvalue weighted by atomic mass is 9.96. The van der Waals surface area contributed by atoms with Crippen LogP contribution in [0.3, 0.4) is 0 Å². The molecule has 0 aromatic heterocycles. The van der Waals surface area contributed by atoms with Crippen LogP contribution in [0.1, 0.15) is 26.7 Å². The van der Waals surface area contributed by atoms with Crippen LogP contribution in [0.25, 0.3) is 0 Å². The van der Waals surface area contributed by atoms with E-state index in [1.54, 1.807) is 7.11 Å². The van der Waals surface area contributed by atoms with Crippen LogP contribution in [-0.4, -0.2) is 46.2 Å². The van der Waals surface area contributed by atoms with Gasteiger partial charge in [0, 0.05) is 19.8 Å². The molecule has 2 N–H and O–H groups in total. The summed E-state index contributed by atoms with van der Waals surface area (Å²) in [5.74, 6) is 0.564. The smallest absolute Gasteiger partial charge is 0.0701 e. The lowest BCUT2D eigenvalue weighted by molar-refractivity contribution is 0.0212. The number of ether oxygens (including phenoxy) is 3. The number of nitrogens with two attached hydrogens (primary N) is 1. The minimum absolute atomic E-state index is 0.256. The molecule has 0 saturated carbocycles. The molecule has 0 aromatic rings. The normalized spacial score (nSPS) is 15.0. The summed E-state index contributed by atoms with van der Waals surface area (Å²) in [6, 6.07) is 0.256. The van der Waals surface area contributed by atoms with Gasteiger partial charge >= 0.3 is 0 Å². The first kappa shape index (κ1) is 15.8. The number of methoxy groups -OCH3 is 1. The Balaban J connectivity index is 3.19. The van der Waals surface area contributed by atoms with Crippen molar-refractivity contribution < 1.29 is 14.2 Å². The molecule has 0 spiro atoms. The van der Waals surface area contributed by atoms with E-state index in [4.69, 9.17) is 19.9 Å². The molecule has 4 nitrogen and oxygen atoms in total. The Bertz CT molecular complexity index is 142. The highest BCUT2D eigenvalue weighted by atomic mass is 16.5. The van der Waals surface area contributed by atoms with E-state index >= 15 is 0 Å². The molecule has 98 valence electrons. The van der Waals surface area contributed by atoms with Crippen LogP contribution in [0, 0.1) is 5.92 Å². The molecule has 2 unspecified atom stereocenters. The quantitative estimate of drug-likeness (QED) is 0.549. The van der Waals surface area contributed by atoms with Crippen LogP contribution < -0.4 is 5.73 Å². The molecule has 16 heavy (non-hydrogen) atoms. The molecule has 0 aliphatic heterocycles. The van der Waals surface area contributed by atoms with E-state index in [1.165, 1.54) is 0 Å². The first-order chi connectivity index (χ1) is 7.72. The largest absolute Gasteiger partial charge is 0.382 e. The number of hydrogen-bond donors (Lipinski definition) is 1. The molecule has 0 fully saturated rings. The summed E-state index contributed by atoms with van der Waals surface area (Å²) in [6.45, 7) is 7.56. The van der Waals surface area contributed by atoms with Crippen molar-refractivity contribution in [2.45, 2.75) is 32.7 Å². The van der Waals surface area contributed by atoms with E-state index in [9.17, 15) is 0 Å². The van der Waals surface area contributed by atoms with Crippen molar-refractivity contribution in [3.63, 3.8) is 0 Å². The van der Waals surface area contributed by atoms with Crippen molar-refractivity contribution in [1.82, 2.24) is 0 Å². The maximum Gasteiger partial charge on any atom is 0.0701 e. The van der Waals surface area contributed by atoms with Gasteiger partial charge in [-0.15, -0.1) is 0 Å². The van der Waals surface area contributed by atoms with Crippen molar-refractivity contribution >= 4 is 0 Å². The van der Waals surface area contributed by atoms with Gasteiger partial charge in [0.15, 0.2) is 0 Å². The zero-order valence-electron chi connectivity index (χ0n) is 10.9. The first-order valence-corrected chi connectivity index (χ1v) is 6.12. The first-order valence-electron chi connectivity index (χ1n) is 6.12. The SMILES string of the molecule is CCC(CCOCCOCCOC)C(C)N. The lowest BCUT2D eigenvalue weighted by Gasteiger charge is -2.18. The summed E-state index contributed by atoms with van der Waals surface area (Å²) in [7, 11) is 1.67. The van der Waals surface area contributed by atoms with Crippen LogP contribution in [0.2, 0.25) is 0 Å². The molecule has 0 heterocycles. The van der Waals surface area contributed by atoms with Gasteiger partial charge in [-0.3, -0.25) is 0 Å². The second kappa shape index (κ2) is 11.3. The van der Waals surface area contributed by atoms with Crippen LogP contribution in [0.15, 0.2) is 0 Å². The average Bonchev–Trinajstić information content (AvgIpc) is 2.26. The molecule has 4 heteroatoms. The molecule has 0 amide bonds. The summed E-state index contributed by atoms with van der Waals surface area (Å²) in [5, 5.41) is 0. The fraction of sp³-hybridized carbons (Fsp3) is 1.00. The summed E-state index contributed by atoms with van der Waals surface area (Å²) < 4.78 is 15.6. The van der Waals surface area contributed by atoms with E-state index in [0.717, 1.165) is 19.4 Å². The van der Waals surface area contributed by atoms with E-state index < -0.39 is 0 Å². The van der Waals surface area contributed by atoms with Gasteiger partial charge in [-0.25, -0.2) is 0 Å². The van der Waals surface area contributed by atoms with Gasteiger partial charge in [-0.2, -0.15) is 0 Å². The van der Waals surface area contributed by atoms with Gasteiger partial charge in [-0.1, -0.05) is 13.3 Å². The van der Waals surface area contributed by atoms with Crippen LogP contribution in [-0.2, 0) is 14.2 Å². The van der Waals surface area contributed by atoms with Gasteiger partial charge in [0.25, 0.3) is 0 Å². The third-order valence-corrected chi connectivity index (χ3v) is 2.70. The Hall–Kier alpha value is -0.160. The fourth-order valence-electron chi connectivity index (χ4n) is 1.54. The second-order valence-electron chi connectivity index (χ2n) is 4.03. The molecule has 0 saturated heterocycles. The predicted molar refractivity (Wildman–Crippen MR) is 65.6 cm³/mol.